The van der Waals surface area contributed by atoms with Crippen LogP contribution in [0.25, 0.3) is 10.9 Å². The zero-order valence-corrected chi connectivity index (χ0v) is 15.6. The number of carbonyl (C=O) groups excluding carboxylic acids is 1. The van der Waals surface area contributed by atoms with E-state index in [9.17, 15) is 4.79 Å². The Morgan fingerprint density at radius 1 is 1.35 bits per heavy atom. The molecule has 1 aromatic heterocycles. The van der Waals surface area contributed by atoms with Gasteiger partial charge < -0.3 is 9.80 Å². The van der Waals surface area contributed by atoms with Gasteiger partial charge in [0.25, 0.3) is 0 Å². The number of nitrogens with zero attached hydrogens (tertiary/aromatic N) is 3. The summed E-state index contributed by atoms with van der Waals surface area (Å²) in [7, 11) is 1.88. The Morgan fingerprint density at radius 2 is 2.04 bits per heavy atom. The second-order valence-corrected chi connectivity index (χ2v) is 7.30. The molecule has 1 aliphatic heterocycles. The molecule has 1 aliphatic rings. The highest BCUT2D eigenvalue weighted by atomic mass is 79.9. The van der Waals surface area contributed by atoms with E-state index in [0.29, 0.717) is 11.1 Å². The number of fused-ring (bicyclic) bond motifs is 1. The van der Waals surface area contributed by atoms with Crippen molar-refractivity contribution in [3.63, 3.8) is 0 Å². The first-order chi connectivity index (χ1) is 11.0. The van der Waals surface area contributed by atoms with Crippen molar-refractivity contribution in [2.24, 2.45) is 0 Å². The maximum Gasteiger partial charge on any atom is 0.219 e. The first-order valence-electron chi connectivity index (χ1n) is 7.70. The Morgan fingerprint density at radius 3 is 2.70 bits per heavy atom. The van der Waals surface area contributed by atoms with Gasteiger partial charge >= 0.3 is 0 Å². The van der Waals surface area contributed by atoms with Crippen molar-refractivity contribution < 1.29 is 4.79 Å². The van der Waals surface area contributed by atoms with Gasteiger partial charge in [0.15, 0.2) is 0 Å². The van der Waals surface area contributed by atoms with Gasteiger partial charge in [0.1, 0.15) is 5.82 Å². The molecule has 0 saturated carbocycles. The van der Waals surface area contributed by atoms with Crippen molar-refractivity contribution in [3.05, 3.63) is 33.8 Å². The zero-order chi connectivity index (χ0) is 16.6. The molecule has 0 spiro atoms. The molecule has 1 saturated heterocycles. The normalized spacial score (nSPS) is 15.9. The minimum Gasteiger partial charge on any atom is -0.356 e. The van der Waals surface area contributed by atoms with Crippen molar-refractivity contribution >= 4 is 50.2 Å². The Bertz CT molecular complexity index is 744. The number of amides is 1. The van der Waals surface area contributed by atoms with Crippen LogP contribution in [0.5, 0.6) is 0 Å². The van der Waals surface area contributed by atoms with E-state index in [1.807, 2.05) is 30.1 Å². The summed E-state index contributed by atoms with van der Waals surface area (Å²) in [5, 5.41) is 1.68. The number of pyridine rings is 1. The number of anilines is 1. The molecule has 0 atom stereocenters. The van der Waals surface area contributed by atoms with Gasteiger partial charge in [0.05, 0.1) is 10.5 Å². The first kappa shape index (κ1) is 16.5. The third-order valence-corrected chi connectivity index (χ3v) is 5.27. The molecule has 1 amide bonds. The molecular formula is C17H19BrClN3O. The van der Waals surface area contributed by atoms with Crippen molar-refractivity contribution in [3.8, 4) is 0 Å². The molecule has 4 nitrogen and oxygen atoms in total. The van der Waals surface area contributed by atoms with E-state index in [-0.39, 0.29) is 5.91 Å². The standard InChI is InChI=1S/C17H19BrClN3O/c1-11(23)21(2)14-5-7-22(8-6-14)16-4-3-12-9-13(18)10-15(19)17(12)20-16/h3-4,9-10,14H,5-8H2,1-2H3. The third kappa shape index (κ3) is 3.45. The van der Waals surface area contributed by atoms with Crippen LogP contribution in [-0.4, -0.2) is 42.0 Å². The van der Waals surface area contributed by atoms with Crippen LogP contribution in [0.4, 0.5) is 5.82 Å². The lowest BCUT2D eigenvalue weighted by molar-refractivity contribution is -0.129. The molecule has 0 aliphatic carbocycles. The van der Waals surface area contributed by atoms with E-state index in [1.54, 1.807) is 6.92 Å². The molecule has 122 valence electrons. The van der Waals surface area contributed by atoms with Crippen LogP contribution in [0.2, 0.25) is 5.02 Å². The lowest BCUT2D eigenvalue weighted by atomic mass is 10.0. The summed E-state index contributed by atoms with van der Waals surface area (Å²) in [5.74, 6) is 1.08. The van der Waals surface area contributed by atoms with E-state index >= 15 is 0 Å². The van der Waals surface area contributed by atoms with Crippen LogP contribution in [0.15, 0.2) is 28.7 Å². The Balaban J connectivity index is 1.78. The van der Waals surface area contributed by atoms with Gasteiger partial charge in [-0.1, -0.05) is 27.5 Å². The summed E-state index contributed by atoms with van der Waals surface area (Å²) in [6.45, 7) is 3.42. The number of piperidine rings is 1. The molecule has 3 rings (SSSR count). The number of benzene rings is 1. The molecule has 0 N–H and O–H groups in total. The zero-order valence-electron chi connectivity index (χ0n) is 13.2. The number of hydrogen-bond acceptors (Lipinski definition) is 3. The minimum absolute atomic E-state index is 0.129. The summed E-state index contributed by atoms with van der Waals surface area (Å²) in [5.41, 5.74) is 0.829. The fourth-order valence-corrected chi connectivity index (χ4v) is 3.94. The first-order valence-corrected chi connectivity index (χ1v) is 8.87. The van der Waals surface area contributed by atoms with Crippen molar-refractivity contribution in [1.29, 1.82) is 0 Å². The Kier molecular flexibility index (Phi) is 4.78. The minimum atomic E-state index is 0.129. The highest BCUT2D eigenvalue weighted by Gasteiger charge is 2.24. The topological polar surface area (TPSA) is 36.4 Å². The van der Waals surface area contributed by atoms with E-state index < -0.39 is 0 Å². The Hall–Kier alpha value is -1.33. The van der Waals surface area contributed by atoms with Gasteiger partial charge in [0, 0.05) is 43.0 Å². The molecule has 1 aromatic carbocycles. The molecule has 1 fully saturated rings. The van der Waals surface area contributed by atoms with E-state index in [1.165, 1.54) is 0 Å². The quantitative estimate of drug-likeness (QED) is 0.767. The van der Waals surface area contributed by atoms with Gasteiger partial charge in [-0.25, -0.2) is 4.98 Å². The van der Waals surface area contributed by atoms with E-state index in [4.69, 9.17) is 16.6 Å². The van der Waals surface area contributed by atoms with Crippen LogP contribution in [-0.2, 0) is 4.79 Å². The van der Waals surface area contributed by atoms with Crippen LogP contribution in [0.3, 0.4) is 0 Å². The van der Waals surface area contributed by atoms with E-state index in [0.717, 1.165) is 47.1 Å². The average Bonchev–Trinajstić information content (AvgIpc) is 2.54. The monoisotopic (exact) mass is 395 g/mol. The van der Waals surface area contributed by atoms with Gasteiger partial charge in [0.2, 0.25) is 5.91 Å². The fourth-order valence-electron chi connectivity index (χ4n) is 3.06. The molecule has 0 radical (unpaired) electrons. The molecular weight excluding hydrogens is 378 g/mol. The predicted octanol–water partition coefficient (Wildman–Crippen LogP) is 4.10. The van der Waals surface area contributed by atoms with E-state index in [2.05, 4.69) is 26.9 Å². The summed E-state index contributed by atoms with van der Waals surface area (Å²) < 4.78 is 0.956. The van der Waals surface area contributed by atoms with Gasteiger partial charge in [-0.05, 0) is 37.1 Å². The largest absolute Gasteiger partial charge is 0.356 e. The molecule has 0 unspecified atom stereocenters. The van der Waals surface area contributed by atoms with Crippen LogP contribution >= 0.6 is 27.5 Å². The summed E-state index contributed by atoms with van der Waals surface area (Å²) in [6.07, 6.45) is 1.92. The molecule has 6 heteroatoms. The fraction of sp³-hybridized carbons (Fsp3) is 0.412. The number of hydrogen-bond donors (Lipinski definition) is 0. The number of rotatable bonds is 2. The highest BCUT2D eigenvalue weighted by molar-refractivity contribution is 9.10. The smallest absolute Gasteiger partial charge is 0.219 e. The van der Waals surface area contributed by atoms with Crippen molar-refractivity contribution in [2.75, 3.05) is 25.0 Å². The molecule has 2 aromatic rings. The second-order valence-electron chi connectivity index (χ2n) is 5.98. The molecule has 0 bridgehead atoms. The molecule has 2 heterocycles. The maximum absolute atomic E-state index is 11.5. The average molecular weight is 397 g/mol. The number of halogens is 2. The predicted molar refractivity (Wildman–Crippen MR) is 98.1 cm³/mol. The van der Waals surface area contributed by atoms with Crippen LogP contribution in [0, 0.1) is 0 Å². The molecule has 23 heavy (non-hydrogen) atoms. The number of carbonyl (C=O) groups is 1. The summed E-state index contributed by atoms with van der Waals surface area (Å²) >= 11 is 9.77. The SMILES string of the molecule is CC(=O)N(C)C1CCN(c2ccc3cc(Br)cc(Cl)c3n2)CC1. The van der Waals surface area contributed by atoms with Gasteiger partial charge in [-0.15, -0.1) is 0 Å². The Labute approximate surface area is 149 Å². The lowest BCUT2D eigenvalue weighted by Crippen LogP contribution is -2.45. The third-order valence-electron chi connectivity index (χ3n) is 4.53. The summed E-state index contributed by atoms with van der Waals surface area (Å²) in [4.78, 5) is 20.3. The van der Waals surface area contributed by atoms with Gasteiger partial charge in [-0.2, -0.15) is 0 Å². The summed E-state index contributed by atoms with van der Waals surface area (Å²) in [6, 6.07) is 8.31. The second kappa shape index (κ2) is 6.65. The number of aromatic nitrogens is 1. The maximum atomic E-state index is 11.5. The van der Waals surface area contributed by atoms with Gasteiger partial charge in [-0.3, -0.25) is 4.79 Å². The lowest BCUT2D eigenvalue weighted by Gasteiger charge is -2.37. The van der Waals surface area contributed by atoms with Crippen molar-refractivity contribution in [1.82, 2.24) is 9.88 Å². The van der Waals surface area contributed by atoms with Crippen molar-refractivity contribution in [2.45, 2.75) is 25.8 Å². The van der Waals surface area contributed by atoms with Crippen LogP contribution < -0.4 is 4.90 Å². The van der Waals surface area contributed by atoms with Crippen LogP contribution in [0.1, 0.15) is 19.8 Å². The highest BCUT2D eigenvalue weighted by Crippen LogP contribution is 2.29.